The largest absolute Gasteiger partial charge is 0.768 e. The summed E-state index contributed by atoms with van der Waals surface area (Å²) in [5.74, 6) is -2.88. The van der Waals surface area contributed by atoms with Crippen molar-refractivity contribution < 1.29 is 30.7 Å². The summed E-state index contributed by atoms with van der Waals surface area (Å²) < 4.78 is 92.4. The number of benzene rings is 1. The number of fused-ring (bicyclic) bond motifs is 1. The van der Waals surface area contributed by atoms with Crippen molar-refractivity contribution in [1.29, 1.82) is 0 Å². The molecule has 3 aromatic rings. The van der Waals surface area contributed by atoms with Crippen LogP contribution in [0.4, 0.5) is 33.7 Å². The van der Waals surface area contributed by atoms with Gasteiger partial charge in [-0.3, -0.25) is 4.21 Å². The number of nitrogens with zero attached hydrogens (tertiary/aromatic N) is 3. The maximum Gasteiger partial charge on any atom is 0.416 e. The summed E-state index contributed by atoms with van der Waals surface area (Å²) in [7, 11) is 0. The number of alkyl halides is 5. The molecule has 0 saturated heterocycles. The van der Waals surface area contributed by atoms with Crippen molar-refractivity contribution in [2.24, 2.45) is 0 Å². The van der Waals surface area contributed by atoms with Crippen molar-refractivity contribution in [2.45, 2.75) is 61.7 Å². The van der Waals surface area contributed by atoms with Crippen LogP contribution >= 0.6 is 0 Å². The van der Waals surface area contributed by atoms with Gasteiger partial charge in [0.05, 0.1) is 16.8 Å². The molecular weight excluding hydrogens is 565 g/mol. The molecule has 1 fully saturated rings. The quantitative estimate of drug-likeness (QED) is 0.211. The molecule has 216 valence electrons. The second-order valence-corrected chi connectivity index (χ2v) is 10.8. The van der Waals surface area contributed by atoms with Crippen molar-refractivity contribution in [3.05, 3.63) is 77.5 Å². The minimum atomic E-state index is -4.55. The molecule has 5 rings (SSSR count). The molecule has 2 aliphatic rings. The summed E-state index contributed by atoms with van der Waals surface area (Å²) >= 11 is -2.36. The Morgan fingerprint density at radius 1 is 1.02 bits per heavy atom. The molecule has 2 aliphatic carbocycles. The average molecular weight is 591 g/mol. The normalized spacial score (nSPS) is 17.4. The molecule has 1 unspecified atom stereocenters. The zero-order valence-corrected chi connectivity index (χ0v) is 22.6. The third-order valence-corrected chi connectivity index (χ3v) is 7.75. The Hall–Kier alpha value is -3.71. The van der Waals surface area contributed by atoms with Crippen LogP contribution in [0.3, 0.4) is 0 Å². The van der Waals surface area contributed by atoms with E-state index >= 15 is 0 Å². The Balaban J connectivity index is 1.52. The Labute approximate surface area is 235 Å². The highest BCUT2D eigenvalue weighted by atomic mass is 32.2. The summed E-state index contributed by atoms with van der Waals surface area (Å²) in [6.45, 7) is 1.61. The summed E-state index contributed by atoms with van der Waals surface area (Å²) in [6, 6.07) is 9.23. The van der Waals surface area contributed by atoms with Gasteiger partial charge in [-0.15, -0.1) is 0 Å². The van der Waals surface area contributed by atoms with Gasteiger partial charge in [0.1, 0.15) is 11.1 Å². The van der Waals surface area contributed by atoms with E-state index in [0.29, 0.717) is 11.1 Å². The molecule has 0 bridgehead atoms. The summed E-state index contributed by atoms with van der Waals surface area (Å²) in [6.07, 6.45) is 0.607. The first-order chi connectivity index (χ1) is 19.4. The number of anilines is 2. The number of rotatable bonds is 9. The molecule has 1 aromatic carbocycles. The third-order valence-electron chi connectivity index (χ3n) is 7.10. The van der Waals surface area contributed by atoms with Gasteiger partial charge < -0.3 is 15.2 Å². The van der Waals surface area contributed by atoms with E-state index in [0.717, 1.165) is 17.7 Å². The second kappa shape index (κ2) is 10.9. The van der Waals surface area contributed by atoms with Crippen molar-refractivity contribution >= 4 is 39.5 Å². The van der Waals surface area contributed by atoms with E-state index in [1.165, 1.54) is 31.2 Å². The van der Waals surface area contributed by atoms with E-state index in [1.54, 1.807) is 24.3 Å². The summed E-state index contributed by atoms with van der Waals surface area (Å²) in [4.78, 5) is 13.6. The Morgan fingerprint density at radius 3 is 2.39 bits per heavy atom. The Kier molecular flexibility index (Phi) is 7.68. The first kappa shape index (κ1) is 28.8. The molecular formula is C28H25F5N5O2S-. The minimum absolute atomic E-state index is 0.0402. The lowest BCUT2D eigenvalue weighted by Crippen LogP contribution is -2.42. The number of hydrogen-bond acceptors (Lipinski definition) is 7. The van der Waals surface area contributed by atoms with Crippen LogP contribution in [-0.4, -0.2) is 41.4 Å². The topological polar surface area (TPSA) is 103 Å². The van der Waals surface area contributed by atoms with E-state index in [9.17, 15) is 30.7 Å². The first-order valence-corrected chi connectivity index (χ1v) is 13.9. The fraction of sp³-hybridized carbons (Fsp3) is 0.321. The monoisotopic (exact) mass is 590 g/mol. The van der Waals surface area contributed by atoms with Gasteiger partial charge in [0.2, 0.25) is 5.95 Å². The lowest BCUT2D eigenvalue weighted by molar-refractivity contribution is -0.0881. The molecule has 0 aliphatic heterocycles. The minimum Gasteiger partial charge on any atom is -0.768 e. The van der Waals surface area contributed by atoms with Crippen molar-refractivity contribution in [3.63, 3.8) is 0 Å². The molecule has 1 saturated carbocycles. The zero-order valence-electron chi connectivity index (χ0n) is 21.8. The molecule has 2 aromatic heterocycles. The van der Waals surface area contributed by atoms with Crippen LogP contribution in [0.1, 0.15) is 43.9 Å². The van der Waals surface area contributed by atoms with Gasteiger partial charge in [0.25, 0.3) is 5.92 Å². The zero-order chi connectivity index (χ0) is 29.4. The van der Waals surface area contributed by atoms with Gasteiger partial charge in [-0.25, -0.2) is 18.7 Å². The highest BCUT2D eigenvalue weighted by molar-refractivity contribution is 7.79. The van der Waals surface area contributed by atoms with Gasteiger partial charge in [-0.1, -0.05) is 37.3 Å². The smallest absolute Gasteiger partial charge is 0.416 e. The fourth-order valence-corrected chi connectivity index (χ4v) is 4.91. The van der Waals surface area contributed by atoms with E-state index in [4.69, 9.17) is 0 Å². The lowest BCUT2D eigenvalue weighted by atomic mass is 10.0. The molecule has 13 heteroatoms. The Morgan fingerprint density at radius 2 is 1.76 bits per heavy atom. The molecule has 41 heavy (non-hydrogen) atoms. The molecule has 2 heterocycles. The van der Waals surface area contributed by atoms with Gasteiger partial charge in [0.15, 0.2) is 5.82 Å². The van der Waals surface area contributed by atoms with Crippen LogP contribution in [0.15, 0.2) is 71.2 Å². The van der Waals surface area contributed by atoms with Crippen molar-refractivity contribution in [1.82, 2.24) is 15.0 Å². The highest BCUT2D eigenvalue weighted by Crippen LogP contribution is 2.52. The number of allylic oxidation sites excluding steroid dienone is 6. The Bertz CT molecular complexity index is 1580. The van der Waals surface area contributed by atoms with E-state index in [1.807, 2.05) is 0 Å². The molecule has 0 radical (unpaired) electrons. The van der Waals surface area contributed by atoms with Gasteiger partial charge in [0, 0.05) is 17.9 Å². The van der Waals surface area contributed by atoms with Crippen LogP contribution in [0.5, 0.6) is 0 Å². The second-order valence-electron chi connectivity index (χ2n) is 9.88. The number of aromatic nitrogens is 3. The standard InChI is InChI=1S/C28H26F5N5O2S/c1-2-27(29,30)26(13-14-26)38-24-23-22(36-25(37-24)34-16-17-7-9-20(10-8-17)41(39)40)12-11-21(35-23)18-5-3-4-6-19(15-18)28(31,32)33/h3-4,6-12,15H,2,5,13-14,16H2,1H3,(H,39,40)(H2,34,36,37,38)/p-1. The predicted octanol–water partition coefficient (Wildman–Crippen LogP) is 6.70. The maximum atomic E-state index is 14.9. The lowest BCUT2D eigenvalue weighted by Gasteiger charge is -2.27. The summed E-state index contributed by atoms with van der Waals surface area (Å²) in [5.41, 5.74) is -0.610. The number of halogens is 5. The van der Waals surface area contributed by atoms with E-state index in [-0.39, 0.29) is 60.1 Å². The fourth-order valence-electron chi connectivity index (χ4n) is 4.55. The van der Waals surface area contributed by atoms with Gasteiger partial charge in [-0.05, 0) is 71.8 Å². The van der Waals surface area contributed by atoms with Crippen molar-refractivity contribution in [3.8, 4) is 0 Å². The maximum absolute atomic E-state index is 14.9. The van der Waals surface area contributed by atoms with Crippen LogP contribution in [-0.2, 0) is 17.6 Å². The first-order valence-electron chi connectivity index (χ1n) is 12.8. The van der Waals surface area contributed by atoms with Crippen LogP contribution in [0, 0.1) is 0 Å². The summed E-state index contributed by atoms with van der Waals surface area (Å²) in [5, 5.41) is 5.93. The van der Waals surface area contributed by atoms with E-state index < -0.39 is 34.3 Å². The SMILES string of the molecule is CCC(F)(F)C1(Nc2nc(NCc3ccc(S(=O)[O-])cc3)nc3ccc(C4=CC(C(F)(F)F)=CC=CC4)nc23)CC1. The molecule has 1 atom stereocenters. The molecule has 0 amide bonds. The van der Waals surface area contributed by atoms with Gasteiger partial charge in [-0.2, -0.15) is 18.2 Å². The molecule has 0 spiro atoms. The predicted molar refractivity (Wildman–Crippen MR) is 145 cm³/mol. The van der Waals surface area contributed by atoms with Gasteiger partial charge >= 0.3 is 6.18 Å². The van der Waals surface area contributed by atoms with Crippen LogP contribution in [0.25, 0.3) is 16.6 Å². The number of hydrogen-bond donors (Lipinski definition) is 2. The third kappa shape index (κ3) is 6.15. The molecule has 7 nitrogen and oxygen atoms in total. The van der Waals surface area contributed by atoms with Crippen LogP contribution < -0.4 is 10.6 Å². The average Bonchev–Trinajstić information content (AvgIpc) is 3.76. The van der Waals surface area contributed by atoms with E-state index in [2.05, 4.69) is 25.6 Å². The highest BCUT2D eigenvalue weighted by Gasteiger charge is 2.61. The van der Waals surface area contributed by atoms with Crippen LogP contribution in [0.2, 0.25) is 0 Å². The molecule has 2 N–H and O–H groups in total. The number of pyridine rings is 1. The number of nitrogens with one attached hydrogen (secondary N) is 2. The van der Waals surface area contributed by atoms with Crippen molar-refractivity contribution in [2.75, 3.05) is 10.6 Å².